The van der Waals surface area contributed by atoms with Crippen LogP contribution in [0.3, 0.4) is 0 Å². The smallest absolute Gasteiger partial charge is 0.1000 e. The molecule has 108 valence electrons. The molecular weight excluding hydrogens is 276 g/mol. The maximum atomic E-state index is 9.03. The van der Waals surface area contributed by atoms with Crippen LogP contribution in [0.25, 0.3) is 22.4 Å². The quantitative estimate of drug-likeness (QED) is 0.562. The number of oxime groups is 1. The first-order valence-corrected chi connectivity index (χ1v) is 7.15. The van der Waals surface area contributed by atoms with E-state index in [1.54, 1.807) is 12.4 Å². The summed E-state index contributed by atoms with van der Waals surface area (Å²) >= 11 is 0. The topological polar surface area (TPSA) is 74.2 Å². The van der Waals surface area contributed by atoms with Gasteiger partial charge >= 0.3 is 0 Å². The second kappa shape index (κ2) is 5.11. The highest BCUT2D eigenvalue weighted by atomic mass is 16.4. The summed E-state index contributed by atoms with van der Waals surface area (Å²) in [4.78, 5) is 4.05. The molecule has 0 aliphatic heterocycles. The first-order valence-electron chi connectivity index (χ1n) is 7.15. The molecule has 2 aromatic heterocycles. The van der Waals surface area contributed by atoms with Crippen molar-refractivity contribution in [1.82, 2.24) is 15.2 Å². The van der Waals surface area contributed by atoms with Gasteiger partial charge < -0.3 is 5.21 Å². The van der Waals surface area contributed by atoms with Crippen molar-refractivity contribution in [2.24, 2.45) is 5.16 Å². The van der Waals surface area contributed by atoms with Gasteiger partial charge in [-0.05, 0) is 36.1 Å². The molecule has 1 aliphatic rings. The van der Waals surface area contributed by atoms with Crippen molar-refractivity contribution in [3.8, 4) is 22.4 Å². The Morgan fingerprint density at radius 1 is 1.00 bits per heavy atom. The van der Waals surface area contributed by atoms with Crippen LogP contribution < -0.4 is 0 Å². The Balaban J connectivity index is 1.80. The number of aromatic amines is 1. The molecule has 0 fully saturated rings. The summed E-state index contributed by atoms with van der Waals surface area (Å²) in [5.74, 6) is 0. The summed E-state index contributed by atoms with van der Waals surface area (Å²) in [6.45, 7) is 0. The maximum absolute atomic E-state index is 9.03. The van der Waals surface area contributed by atoms with E-state index in [2.05, 4.69) is 26.4 Å². The van der Waals surface area contributed by atoms with Crippen LogP contribution in [0, 0.1) is 0 Å². The predicted octanol–water partition coefficient (Wildman–Crippen LogP) is 3.26. The van der Waals surface area contributed by atoms with Gasteiger partial charge in [-0.15, -0.1) is 0 Å². The number of nitrogens with one attached hydrogen (secondary N) is 1. The summed E-state index contributed by atoms with van der Waals surface area (Å²) in [5, 5.41) is 19.7. The molecule has 0 bridgehead atoms. The lowest BCUT2D eigenvalue weighted by Crippen LogP contribution is -1.93. The van der Waals surface area contributed by atoms with E-state index in [0.717, 1.165) is 46.5 Å². The van der Waals surface area contributed by atoms with Crippen molar-refractivity contribution in [3.05, 3.63) is 60.0 Å². The molecule has 0 amide bonds. The monoisotopic (exact) mass is 290 g/mol. The fourth-order valence-corrected chi connectivity index (χ4v) is 2.98. The number of rotatable bonds is 2. The first kappa shape index (κ1) is 12.8. The van der Waals surface area contributed by atoms with Gasteiger partial charge in [0.05, 0.1) is 11.4 Å². The Hall–Kier alpha value is -2.95. The zero-order valence-corrected chi connectivity index (χ0v) is 11.8. The zero-order chi connectivity index (χ0) is 14.9. The molecule has 2 heterocycles. The van der Waals surface area contributed by atoms with E-state index in [0.29, 0.717) is 0 Å². The van der Waals surface area contributed by atoms with E-state index in [1.165, 1.54) is 5.56 Å². The summed E-state index contributed by atoms with van der Waals surface area (Å²) in [5.41, 5.74) is 7.14. The van der Waals surface area contributed by atoms with E-state index in [4.69, 9.17) is 5.21 Å². The molecule has 0 radical (unpaired) electrons. The Labute approximate surface area is 127 Å². The standard InChI is InChI=1S/C17H14N4O/c22-21-16-4-2-12-9-13(1-3-14(12)16)15-10-19-20-17(15)11-5-7-18-8-6-11/h1,3,5-10,22H,2,4H2,(H,19,20). The van der Waals surface area contributed by atoms with Crippen LogP contribution in [0.15, 0.2) is 54.1 Å². The molecular formula is C17H14N4O. The first-order chi connectivity index (χ1) is 10.9. The molecule has 2 N–H and O–H groups in total. The largest absolute Gasteiger partial charge is 0.411 e. The number of pyridine rings is 1. The van der Waals surface area contributed by atoms with Gasteiger partial charge in [-0.2, -0.15) is 5.10 Å². The Kier molecular flexibility index (Phi) is 2.96. The van der Waals surface area contributed by atoms with Crippen molar-refractivity contribution >= 4 is 5.71 Å². The third-order valence-corrected chi connectivity index (χ3v) is 4.07. The SMILES string of the molecule is ON=C1CCc2cc(-c3c[nH]nc3-c3ccncc3)ccc21. The van der Waals surface area contributed by atoms with E-state index in [-0.39, 0.29) is 0 Å². The van der Waals surface area contributed by atoms with E-state index >= 15 is 0 Å². The molecule has 0 saturated carbocycles. The fourth-order valence-electron chi connectivity index (χ4n) is 2.98. The van der Waals surface area contributed by atoms with Crippen LogP contribution in [0.4, 0.5) is 0 Å². The number of H-pyrrole nitrogens is 1. The maximum Gasteiger partial charge on any atom is 0.1000 e. The van der Waals surface area contributed by atoms with E-state index < -0.39 is 0 Å². The van der Waals surface area contributed by atoms with E-state index in [1.807, 2.05) is 30.5 Å². The molecule has 3 aromatic rings. The summed E-state index contributed by atoms with van der Waals surface area (Å²) < 4.78 is 0. The van der Waals surface area contributed by atoms with Gasteiger partial charge in [0, 0.05) is 35.3 Å². The molecule has 0 atom stereocenters. The number of aromatic nitrogens is 3. The molecule has 5 heteroatoms. The lowest BCUT2D eigenvalue weighted by atomic mass is 9.98. The summed E-state index contributed by atoms with van der Waals surface area (Å²) in [7, 11) is 0. The van der Waals surface area contributed by atoms with Crippen molar-refractivity contribution in [2.45, 2.75) is 12.8 Å². The Morgan fingerprint density at radius 2 is 1.86 bits per heavy atom. The van der Waals surface area contributed by atoms with Gasteiger partial charge in [-0.25, -0.2) is 0 Å². The van der Waals surface area contributed by atoms with Crippen molar-refractivity contribution < 1.29 is 5.21 Å². The third-order valence-electron chi connectivity index (χ3n) is 4.07. The van der Waals surface area contributed by atoms with Crippen molar-refractivity contribution in [1.29, 1.82) is 0 Å². The number of hydrogen-bond donors (Lipinski definition) is 2. The number of nitrogens with zero attached hydrogens (tertiary/aromatic N) is 3. The molecule has 4 rings (SSSR count). The Bertz CT molecular complexity index is 852. The lowest BCUT2D eigenvalue weighted by Gasteiger charge is -2.06. The third kappa shape index (κ3) is 1.98. The molecule has 0 saturated heterocycles. The normalized spacial score (nSPS) is 15.2. The highest BCUT2D eigenvalue weighted by Crippen LogP contribution is 2.33. The molecule has 1 aliphatic carbocycles. The van der Waals surface area contributed by atoms with Gasteiger partial charge in [-0.3, -0.25) is 10.1 Å². The second-order valence-electron chi connectivity index (χ2n) is 5.30. The average molecular weight is 290 g/mol. The van der Waals surface area contributed by atoms with E-state index in [9.17, 15) is 0 Å². The summed E-state index contributed by atoms with van der Waals surface area (Å²) in [6, 6.07) is 10.1. The highest BCUT2D eigenvalue weighted by Gasteiger charge is 2.20. The number of benzene rings is 1. The zero-order valence-electron chi connectivity index (χ0n) is 11.8. The number of aryl methyl sites for hydroxylation is 1. The van der Waals surface area contributed by atoms with Crippen molar-refractivity contribution in [3.63, 3.8) is 0 Å². The van der Waals surface area contributed by atoms with Crippen molar-refractivity contribution in [2.75, 3.05) is 0 Å². The average Bonchev–Trinajstić information content (AvgIpc) is 3.21. The van der Waals surface area contributed by atoms with Crippen LogP contribution in [0.5, 0.6) is 0 Å². The van der Waals surface area contributed by atoms with Crippen LogP contribution >= 0.6 is 0 Å². The molecule has 22 heavy (non-hydrogen) atoms. The van der Waals surface area contributed by atoms with Gasteiger partial charge in [0.2, 0.25) is 0 Å². The summed E-state index contributed by atoms with van der Waals surface area (Å²) in [6.07, 6.45) is 7.14. The second-order valence-corrected chi connectivity index (χ2v) is 5.30. The minimum Gasteiger partial charge on any atom is -0.411 e. The van der Waals surface area contributed by atoms with Crippen LogP contribution in [0.2, 0.25) is 0 Å². The van der Waals surface area contributed by atoms with Gasteiger partial charge in [0.15, 0.2) is 0 Å². The lowest BCUT2D eigenvalue weighted by molar-refractivity contribution is 0.318. The number of fused-ring (bicyclic) bond motifs is 1. The Morgan fingerprint density at radius 3 is 2.68 bits per heavy atom. The fraction of sp³-hybridized carbons (Fsp3) is 0.118. The molecule has 0 spiro atoms. The minimum atomic E-state index is 0.767. The van der Waals surface area contributed by atoms with Gasteiger partial charge in [-0.1, -0.05) is 23.4 Å². The van der Waals surface area contributed by atoms with Crippen LogP contribution in [-0.2, 0) is 6.42 Å². The predicted molar refractivity (Wildman–Crippen MR) is 83.9 cm³/mol. The van der Waals surface area contributed by atoms with Crippen LogP contribution in [0.1, 0.15) is 17.5 Å². The highest BCUT2D eigenvalue weighted by molar-refractivity contribution is 6.04. The molecule has 5 nitrogen and oxygen atoms in total. The van der Waals surface area contributed by atoms with Gasteiger partial charge in [0.1, 0.15) is 0 Å². The van der Waals surface area contributed by atoms with Gasteiger partial charge in [0.25, 0.3) is 0 Å². The number of hydrogen-bond acceptors (Lipinski definition) is 4. The molecule has 1 aromatic carbocycles. The van der Waals surface area contributed by atoms with Crippen LogP contribution in [-0.4, -0.2) is 26.1 Å². The molecule has 0 unspecified atom stereocenters. The minimum absolute atomic E-state index is 0.767.